The number of amides is 1. The highest BCUT2D eigenvalue weighted by Gasteiger charge is 2.50. The van der Waals surface area contributed by atoms with Crippen molar-refractivity contribution in [3.8, 4) is 0 Å². The molecular formula is C17H24N2O5S. The average molecular weight is 368 g/mol. The zero-order valence-electron chi connectivity index (χ0n) is 14.7. The molecular weight excluding hydrogens is 344 g/mol. The zero-order valence-corrected chi connectivity index (χ0v) is 15.5. The van der Waals surface area contributed by atoms with Gasteiger partial charge in [-0.25, -0.2) is 13.1 Å². The number of sulfonamides is 1. The predicted molar refractivity (Wildman–Crippen MR) is 92.8 cm³/mol. The Morgan fingerprint density at radius 3 is 2.20 bits per heavy atom. The molecule has 0 aliphatic heterocycles. The van der Waals surface area contributed by atoms with E-state index in [0.29, 0.717) is 24.0 Å². The fraction of sp³-hybridized carbons (Fsp3) is 0.529. The van der Waals surface area contributed by atoms with E-state index >= 15 is 0 Å². The maximum absolute atomic E-state index is 12.5. The maximum atomic E-state index is 12.5. The molecule has 1 aromatic carbocycles. The lowest BCUT2D eigenvalue weighted by molar-refractivity contribution is -0.143. The first-order chi connectivity index (χ1) is 11.6. The third-order valence-electron chi connectivity index (χ3n) is 4.45. The van der Waals surface area contributed by atoms with E-state index in [1.54, 1.807) is 26.0 Å². The molecule has 0 bridgehead atoms. The fourth-order valence-electron chi connectivity index (χ4n) is 2.94. The summed E-state index contributed by atoms with van der Waals surface area (Å²) in [6.45, 7) is 5.42. The average Bonchev–Trinajstić information content (AvgIpc) is 3.24. The standard InChI is InChI=1S/C17H24N2O5S/c1-11-8-12(2)15(13(3)9-11)25(23,24)19-7-4-14(20)18-10-17(5-6-17)16(21)22/h8-9,19H,4-7,10H2,1-3H3,(H,18,20)(H,21,22). The molecule has 0 spiro atoms. The van der Waals surface area contributed by atoms with E-state index < -0.39 is 21.4 Å². The number of benzene rings is 1. The first-order valence-corrected chi connectivity index (χ1v) is 9.63. The lowest BCUT2D eigenvalue weighted by atomic mass is 10.1. The third-order valence-corrected chi connectivity index (χ3v) is 6.21. The van der Waals surface area contributed by atoms with Crippen LogP contribution in [0.4, 0.5) is 0 Å². The number of nitrogens with one attached hydrogen (secondary N) is 2. The Kier molecular flexibility index (Phi) is 5.53. The van der Waals surface area contributed by atoms with Gasteiger partial charge in [0.25, 0.3) is 0 Å². The van der Waals surface area contributed by atoms with E-state index in [4.69, 9.17) is 5.11 Å². The molecule has 0 saturated heterocycles. The smallest absolute Gasteiger partial charge is 0.311 e. The van der Waals surface area contributed by atoms with Gasteiger partial charge in [0.2, 0.25) is 15.9 Å². The minimum Gasteiger partial charge on any atom is -0.481 e. The SMILES string of the molecule is Cc1cc(C)c(S(=O)(=O)NCCC(=O)NCC2(C(=O)O)CC2)c(C)c1. The van der Waals surface area contributed by atoms with Gasteiger partial charge < -0.3 is 10.4 Å². The van der Waals surface area contributed by atoms with Crippen LogP contribution in [0.2, 0.25) is 0 Å². The Morgan fingerprint density at radius 2 is 1.72 bits per heavy atom. The van der Waals surface area contributed by atoms with Gasteiger partial charge in [0.05, 0.1) is 10.3 Å². The van der Waals surface area contributed by atoms with Gasteiger partial charge in [-0.3, -0.25) is 9.59 Å². The molecule has 1 aliphatic rings. The van der Waals surface area contributed by atoms with Gasteiger partial charge in [0.15, 0.2) is 0 Å². The minimum absolute atomic E-state index is 0.0407. The predicted octanol–water partition coefficient (Wildman–Crippen LogP) is 1.26. The van der Waals surface area contributed by atoms with Crippen LogP contribution in [-0.4, -0.2) is 38.5 Å². The van der Waals surface area contributed by atoms with Gasteiger partial charge >= 0.3 is 5.97 Å². The summed E-state index contributed by atoms with van der Waals surface area (Å²) in [7, 11) is -3.70. The Bertz CT molecular complexity index is 774. The van der Waals surface area contributed by atoms with Crippen molar-refractivity contribution in [3.05, 3.63) is 28.8 Å². The van der Waals surface area contributed by atoms with Crippen LogP contribution >= 0.6 is 0 Å². The normalized spacial score (nSPS) is 15.6. The number of aryl methyl sites for hydroxylation is 3. The molecule has 0 aromatic heterocycles. The Hall–Kier alpha value is -1.93. The second-order valence-corrected chi connectivity index (χ2v) is 8.44. The van der Waals surface area contributed by atoms with Crippen LogP contribution in [0.5, 0.6) is 0 Å². The first kappa shape index (κ1) is 19.4. The minimum atomic E-state index is -3.70. The monoisotopic (exact) mass is 368 g/mol. The van der Waals surface area contributed by atoms with E-state index in [9.17, 15) is 18.0 Å². The van der Waals surface area contributed by atoms with Crippen LogP contribution < -0.4 is 10.0 Å². The van der Waals surface area contributed by atoms with Crippen LogP contribution in [0, 0.1) is 26.2 Å². The topological polar surface area (TPSA) is 113 Å². The van der Waals surface area contributed by atoms with Crippen molar-refractivity contribution in [2.24, 2.45) is 5.41 Å². The first-order valence-electron chi connectivity index (χ1n) is 8.15. The third kappa shape index (κ3) is 4.58. The number of carboxylic acids is 1. The van der Waals surface area contributed by atoms with Gasteiger partial charge in [-0.1, -0.05) is 17.7 Å². The number of carboxylic acid groups (broad SMARTS) is 1. The van der Waals surface area contributed by atoms with Crippen LogP contribution in [0.3, 0.4) is 0 Å². The molecule has 25 heavy (non-hydrogen) atoms. The van der Waals surface area contributed by atoms with Crippen molar-refractivity contribution in [1.82, 2.24) is 10.0 Å². The van der Waals surface area contributed by atoms with E-state index in [-0.39, 0.29) is 30.3 Å². The molecule has 0 radical (unpaired) electrons. The fourth-order valence-corrected chi connectivity index (χ4v) is 4.42. The summed E-state index contributed by atoms with van der Waals surface area (Å²) < 4.78 is 27.4. The van der Waals surface area contributed by atoms with Crippen molar-refractivity contribution < 1.29 is 23.1 Å². The van der Waals surface area contributed by atoms with Crippen molar-refractivity contribution >= 4 is 21.9 Å². The quantitative estimate of drug-likeness (QED) is 0.639. The molecule has 2 rings (SSSR count). The van der Waals surface area contributed by atoms with Crippen molar-refractivity contribution in [3.63, 3.8) is 0 Å². The van der Waals surface area contributed by atoms with Gasteiger partial charge in [0, 0.05) is 19.5 Å². The van der Waals surface area contributed by atoms with Crippen molar-refractivity contribution in [2.75, 3.05) is 13.1 Å². The summed E-state index contributed by atoms with van der Waals surface area (Å²) in [5, 5.41) is 11.6. The molecule has 138 valence electrons. The van der Waals surface area contributed by atoms with Gasteiger partial charge in [-0.2, -0.15) is 0 Å². The van der Waals surface area contributed by atoms with E-state index in [1.807, 2.05) is 6.92 Å². The summed E-state index contributed by atoms with van der Waals surface area (Å²) in [5.41, 5.74) is 1.48. The van der Waals surface area contributed by atoms with Crippen LogP contribution in [0.1, 0.15) is 36.0 Å². The molecule has 1 aromatic rings. The lowest BCUT2D eigenvalue weighted by Gasteiger charge is -2.14. The number of rotatable bonds is 8. The highest BCUT2D eigenvalue weighted by Crippen LogP contribution is 2.45. The number of carbonyl (C=O) groups is 2. The molecule has 0 heterocycles. The van der Waals surface area contributed by atoms with Gasteiger partial charge in [-0.15, -0.1) is 0 Å². The van der Waals surface area contributed by atoms with E-state index in [0.717, 1.165) is 5.56 Å². The zero-order chi connectivity index (χ0) is 18.8. The van der Waals surface area contributed by atoms with Crippen LogP contribution in [-0.2, 0) is 19.6 Å². The maximum Gasteiger partial charge on any atom is 0.311 e. The number of aliphatic carboxylic acids is 1. The van der Waals surface area contributed by atoms with Gasteiger partial charge in [0.1, 0.15) is 0 Å². The van der Waals surface area contributed by atoms with Crippen LogP contribution in [0.15, 0.2) is 17.0 Å². The summed E-state index contributed by atoms with van der Waals surface area (Å²) in [5.74, 6) is -1.27. The van der Waals surface area contributed by atoms with Gasteiger partial charge in [-0.05, 0) is 44.7 Å². The molecule has 0 atom stereocenters. The Morgan fingerprint density at radius 1 is 1.16 bits per heavy atom. The van der Waals surface area contributed by atoms with Crippen molar-refractivity contribution in [1.29, 1.82) is 0 Å². The number of carbonyl (C=O) groups excluding carboxylic acids is 1. The Labute approximate surface area is 147 Å². The summed E-state index contributed by atoms with van der Waals surface area (Å²) in [6.07, 6.45) is 1.07. The lowest BCUT2D eigenvalue weighted by Crippen LogP contribution is -2.36. The van der Waals surface area contributed by atoms with E-state index in [1.165, 1.54) is 0 Å². The molecule has 1 saturated carbocycles. The molecule has 8 heteroatoms. The largest absolute Gasteiger partial charge is 0.481 e. The number of hydrogen-bond donors (Lipinski definition) is 3. The van der Waals surface area contributed by atoms with Crippen molar-refractivity contribution in [2.45, 2.75) is 44.9 Å². The highest BCUT2D eigenvalue weighted by atomic mass is 32.2. The van der Waals surface area contributed by atoms with E-state index in [2.05, 4.69) is 10.0 Å². The number of hydrogen-bond acceptors (Lipinski definition) is 4. The Balaban J connectivity index is 1.88. The molecule has 3 N–H and O–H groups in total. The molecule has 7 nitrogen and oxygen atoms in total. The van der Waals surface area contributed by atoms with Crippen LogP contribution in [0.25, 0.3) is 0 Å². The summed E-state index contributed by atoms with van der Waals surface area (Å²) in [6, 6.07) is 3.60. The molecule has 1 aliphatic carbocycles. The molecule has 0 unspecified atom stereocenters. The molecule has 1 amide bonds. The second-order valence-electron chi connectivity index (χ2n) is 6.74. The molecule has 1 fully saturated rings. The summed E-state index contributed by atoms with van der Waals surface area (Å²) in [4.78, 5) is 23.1. The highest BCUT2D eigenvalue weighted by molar-refractivity contribution is 7.89. The summed E-state index contributed by atoms with van der Waals surface area (Å²) >= 11 is 0. The second kappa shape index (κ2) is 7.13.